The van der Waals surface area contributed by atoms with Crippen molar-refractivity contribution in [3.63, 3.8) is 0 Å². The average molecular weight is 469 g/mol. The van der Waals surface area contributed by atoms with Gasteiger partial charge in [-0.3, -0.25) is 4.79 Å². The Kier molecular flexibility index (Phi) is 6.14. The quantitative estimate of drug-likeness (QED) is 0.326. The summed E-state index contributed by atoms with van der Waals surface area (Å²) in [6, 6.07) is 26.7. The van der Waals surface area contributed by atoms with E-state index in [2.05, 4.69) is 5.32 Å². The normalized spacial score (nSPS) is 12.2. The minimum Gasteiger partial charge on any atom is -0.508 e. The van der Waals surface area contributed by atoms with E-state index in [1.54, 1.807) is 36.4 Å². The van der Waals surface area contributed by atoms with Crippen LogP contribution in [0.3, 0.4) is 0 Å². The Morgan fingerprint density at radius 2 is 1.74 bits per heavy atom. The molecule has 0 unspecified atom stereocenters. The van der Waals surface area contributed by atoms with Crippen molar-refractivity contribution in [2.24, 2.45) is 4.99 Å². The second-order valence-electron chi connectivity index (χ2n) is 7.93. The number of benzene rings is 4. The maximum atomic E-state index is 14.2. The van der Waals surface area contributed by atoms with Crippen LogP contribution in [0, 0.1) is 5.82 Å². The van der Waals surface area contributed by atoms with E-state index in [-0.39, 0.29) is 17.5 Å². The lowest BCUT2D eigenvalue weighted by Gasteiger charge is -2.09. The molecule has 0 fully saturated rings. The number of hydrogen-bond donors (Lipinski definition) is 2. The first-order chi connectivity index (χ1) is 16.6. The molecule has 2 N–H and O–H groups in total. The van der Waals surface area contributed by atoms with Crippen LogP contribution in [-0.4, -0.2) is 23.3 Å². The van der Waals surface area contributed by atoms with Gasteiger partial charge in [0.2, 0.25) is 0 Å². The molecule has 0 aliphatic carbocycles. The van der Waals surface area contributed by atoms with Crippen molar-refractivity contribution < 1.29 is 14.3 Å². The molecule has 0 bridgehead atoms. The third kappa shape index (κ3) is 4.72. The molecule has 6 heteroatoms. The molecule has 0 atom stereocenters. The van der Waals surface area contributed by atoms with E-state index in [9.17, 15) is 14.3 Å². The summed E-state index contributed by atoms with van der Waals surface area (Å²) in [4.78, 5) is 19.4. The number of amides is 1. The summed E-state index contributed by atoms with van der Waals surface area (Å²) in [6.07, 6.45) is 0.744. The molecule has 1 aliphatic rings. The van der Waals surface area contributed by atoms with Gasteiger partial charge in [-0.1, -0.05) is 54.2 Å². The number of aromatic hydroxyl groups is 1. The fraction of sp³-hybridized carbons (Fsp3) is 0.0714. The van der Waals surface area contributed by atoms with Crippen LogP contribution in [0.25, 0.3) is 0 Å². The van der Waals surface area contributed by atoms with Crippen LogP contribution in [0.2, 0.25) is 0 Å². The van der Waals surface area contributed by atoms with Crippen molar-refractivity contribution in [2.75, 3.05) is 6.54 Å². The SMILES string of the molecule is O=C(NCCc1ccccc1)c1ccc2c(c1)N=C(c1cccc(O)c1)c1cc(F)ccc1S2. The summed E-state index contributed by atoms with van der Waals surface area (Å²) < 4.78 is 14.2. The van der Waals surface area contributed by atoms with Crippen LogP contribution in [0.1, 0.15) is 27.0 Å². The molecule has 1 heterocycles. The summed E-state index contributed by atoms with van der Waals surface area (Å²) in [5.41, 5.74) is 4.13. The summed E-state index contributed by atoms with van der Waals surface area (Å²) >= 11 is 1.47. The van der Waals surface area contributed by atoms with Crippen molar-refractivity contribution in [1.29, 1.82) is 0 Å². The Balaban J connectivity index is 1.47. The molecule has 1 amide bonds. The lowest BCUT2D eigenvalue weighted by molar-refractivity contribution is 0.0954. The molecule has 0 radical (unpaired) electrons. The smallest absolute Gasteiger partial charge is 0.251 e. The molecular formula is C28H21FN2O2S. The number of halogens is 1. The minimum atomic E-state index is -0.364. The van der Waals surface area contributed by atoms with Gasteiger partial charge in [-0.25, -0.2) is 9.38 Å². The first kappa shape index (κ1) is 21.9. The molecule has 1 aliphatic heterocycles. The van der Waals surface area contributed by atoms with Crippen LogP contribution in [0.4, 0.5) is 10.1 Å². The van der Waals surface area contributed by atoms with Crippen LogP contribution < -0.4 is 5.32 Å². The second kappa shape index (κ2) is 9.53. The molecule has 168 valence electrons. The molecule has 5 rings (SSSR count). The molecule has 34 heavy (non-hydrogen) atoms. The van der Waals surface area contributed by atoms with Crippen molar-refractivity contribution in [3.8, 4) is 5.75 Å². The summed E-state index contributed by atoms with van der Waals surface area (Å²) in [7, 11) is 0. The highest BCUT2D eigenvalue weighted by molar-refractivity contribution is 7.99. The number of hydrogen-bond acceptors (Lipinski definition) is 4. The van der Waals surface area contributed by atoms with Gasteiger partial charge in [0, 0.05) is 33.0 Å². The average Bonchev–Trinajstić information content (AvgIpc) is 3.00. The van der Waals surface area contributed by atoms with E-state index in [0.29, 0.717) is 34.6 Å². The second-order valence-corrected chi connectivity index (χ2v) is 9.01. The first-order valence-electron chi connectivity index (χ1n) is 10.9. The highest BCUT2D eigenvalue weighted by Gasteiger charge is 2.21. The van der Waals surface area contributed by atoms with E-state index < -0.39 is 0 Å². The third-order valence-corrected chi connectivity index (χ3v) is 6.67. The van der Waals surface area contributed by atoms with Crippen LogP contribution >= 0.6 is 11.8 Å². The fourth-order valence-electron chi connectivity index (χ4n) is 3.85. The van der Waals surface area contributed by atoms with Crippen LogP contribution in [0.15, 0.2) is 106 Å². The maximum Gasteiger partial charge on any atom is 0.251 e. The highest BCUT2D eigenvalue weighted by atomic mass is 32.2. The van der Waals surface area contributed by atoms with Gasteiger partial charge in [-0.15, -0.1) is 0 Å². The van der Waals surface area contributed by atoms with Gasteiger partial charge >= 0.3 is 0 Å². The van der Waals surface area contributed by atoms with E-state index in [1.807, 2.05) is 42.5 Å². The zero-order valence-electron chi connectivity index (χ0n) is 18.2. The number of nitrogens with one attached hydrogen (secondary N) is 1. The van der Waals surface area contributed by atoms with E-state index in [1.165, 1.54) is 23.9 Å². The molecule has 0 aromatic heterocycles. The molecule has 4 aromatic carbocycles. The number of fused-ring (bicyclic) bond motifs is 2. The Hall–Kier alpha value is -3.90. The number of phenols is 1. The van der Waals surface area contributed by atoms with Crippen molar-refractivity contribution >= 4 is 29.1 Å². The standard InChI is InChI=1S/C28H21FN2O2S/c29-21-10-12-25-23(17-21)27(19-7-4-8-22(32)15-19)31-24-16-20(9-11-26(24)34-25)28(33)30-14-13-18-5-2-1-3-6-18/h1-12,15-17,32H,13-14H2,(H,30,33). The van der Waals surface area contributed by atoms with Gasteiger partial charge in [0.15, 0.2) is 0 Å². The number of carbonyl (C=O) groups excluding carboxylic acids is 1. The monoisotopic (exact) mass is 468 g/mol. The fourth-order valence-corrected chi connectivity index (χ4v) is 4.83. The van der Waals surface area contributed by atoms with Crippen molar-refractivity contribution in [3.05, 3.63) is 119 Å². The topological polar surface area (TPSA) is 61.7 Å². The van der Waals surface area contributed by atoms with Crippen molar-refractivity contribution in [1.82, 2.24) is 5.32 Å². The van der Waals surface area contributed by atoms with Gasteiger partial charge in [0.25, 0.3) is 5.91 Å². The lowest BCUT2D eigenvalue weighted by atomic mass is 10.0. The Bertz CT molecular complexity index is 1400. The van der Waals surface area contributed by atoms with E-state index >= 15 is 0 Å². The summed E-state index contributed by atoms with van der Waals surface area (Å²) in [5, 5.41) is 13.0. The zero-order valence-corrected chi connectivity index (χ0v) is 19.0. The Morgan fingerprint density at radius 1 is 0.912 bits per heavy atom. The molecule has 0 spiro atoms. The van der Waals surface area contributed by atoms with Crippen molar-refractivity contribution in [2.45, 2.75) is 16.2 Å². The summed E-state index contributed by atoms with van der Waals surface area (Å²) in [5.74, 6) is -0.441. The van der Waals surface area contributed by atoms with Gasteiger partial charge in [0.05, 0.1) is 11.4 Å². The molecule has 4 nitrogen and oxygen atoms in total. The predicted octanol–water partition coefficient (Wildman–Crippen LogP) is 6.14. The minimum absolute atomic E-state index is 0.0989. The van der Waals surface area contributed by atoms with Gasteiger partial charge in [-0.05, 0) is 60.5 Å². The number of phenolic OH excluding ortho intramolecular Hbond substituents is 1. The zero-order chi connectivity index (χ0) is 23.5. The first-order valence-corrected chi connectivity index (χ1v) is 11.7. The Morgan fingerprint density at radius 3 is 2.56 bits per heavy atom. The van der Waals surface area contributed by atoms with E-state index in [4.69, 9.17) is 4.99 Å². The highest BCUT2D eigenvalue weighted by Crippen LogP contribution is 2.42. The van der Waals surface area contributed by atoms with Crippen LogP contribution in [0.5, 0.6) is 5.75 Å². The predicted molar refractivity (Wildman–Crippen MR) is 133 cm³/mol. The largest absolute Gasteiger partial charge is 0.508 e. The number of aliphatic imine (C=N–C) groups is 1. The molecule has 0 saturated heterocycles. The lowest BCUT2D eigenvalue weighted by Crippen LogP contribution is -2.25. The molecule has 0 saturated carbocycles. The van der Waals surface area contributed by atoms with Gasteiger partial charge in [-0.2, -0.15) is 0 Å². The number of rotatable bonds is 5. The number of carbonyl (C=O) groups is 1. The third-order valence-electron chi connectivity index (χ3n) is 5.53. The Labute approximate surface area is 201 Å². The maximum absolute atomic E-state index is 14.2. The van der Waals surface area contributed by atoms with E-state index in [0.717, 1.165) is 21.8 Å². The molecule has 4 aromatic rings. The van der Waals surface area contributed by atoms with Gasteiger partial charge in [0.1, 0.15) is 11.6 Å². The van der Waals surface area contributed by atoms with Gasteiger partial charge < -0.3 is 10.4 Å². The van der Waals surface area contributed by atoms with Crippen LogP contribution in [-0.2, 0) is 6.42 Å². The molecular weight excluding hydrogens is 447 g/mol. The summed E-state index contributed by atoms with van der Waals surface area (Å²) in [6.45, 7) is 0.525. The number of nitrogens with zero attached hydrogens (tertiary/aromatic N) is 1.